The topological polar surface area (TPSA) is 75.3 Å². The Labute approximate surface area is 94.7 Å². The van der Waals surface area contributed by atoms with Crippen molar-refractivity contribution in [1.29, 1.82) is 0 Å². The van der Waals surface area contributed by atoms with Gasteiger partial charge in [-0.1, -0.05) is 0 Å². The molecule has 16 heavy (non-hydrogen) atoms. The minimum atomic E-state index is -3.44. The van der Waals surface area contributed by atoms with E-state index in [2.05, 4.69) is 9.97 Å². The molecular weight excluding hydrogens is 230 g/mol. The van der Waals surface area contributed by atoms with Crippen LogP contribution in [0.3, 0.4) is 0 Å². The molecule has 2 rings (SSSR count). The number of H-pyrrole nitrogens is 1. The van der Waals surface area contributed by atoms with Crippen molar-refractivity contribution < 1.29 is 13.2 Å². The molecule has 1 aliphatic rings. The summed E-state index contributed by atoms with van der Waals surface area (Å²) in [6.07, 6.45) is 4.17. The molecule has 2 heterocycles. The maximum atomic E-state index is 12.1. The lowest BCUT2D eigenvalue weighted by molar-refractivity contribution is 0.0631. The summed E-state index contributed by atoms with van der Waals surface area (Å²) >= 11 is 0. The fraction of sp³-hybridized carbons (Fsp3) is 0.667. The molecule has 1 N–H and O–H groups in total. The van der Waals surface area contributed by atoms with Gasteiger partial charge in [0.25, 0.3) is 10.0 Å². The van der Waals surface area contributed by atoms with Crippen LogP contribution >= 0.6 is 0 Å². The second kappa shape index (κ2) is 4.52. The molecule has 1 aromatic heterocycles. The van der Waals surface area contributed by atoms with Crippen molar-refractivity contribution in [2.45, 2.75) is 23.9 Å². The molecule has 90 valence electrons. The molecule has 1 saturated heterocycles. The van der Waals surface area contributed by atoms with E-state index in [1.54, 1.807) is 7.05 Å². The van der Waals surface area contributed by atoms with E-state index < -0.39 is 10.0 Å². The van der Waals surface area contributed by atoms with Crippen molar-refractivity contribution in [1.82, 2.24) is 14.3 Å². The highest BCUT2D eigenvalue weighted by Gasteiger charge is 2.30. The number of sulfonamides is 1. The molecular formula is C9H15N3O3S. The van der Waals surface area contributed by atoms with Gasteiger partial charge in [-0.3, -0.25) is 0 Å². The third-order valence-electron chi connectivity index (χ3n) is 2.84. The van der Waals surface area contributed by atoms with Gasteiger partial charge in [0.2, 0.25) is 0 Å². The quantitative estimate of drug-likeness (QED) is 0.826. The fourth-order valence-corrected chi connectivity index (χ4v) is 3.09. The zero-order valence-corrected chi connectivity index (χ0v) is 9.90. The third kappa shape index (κ3) is 2.11. The van der Waals surface area contributed by atoms with Crippen LogP contribution in [-0.4, -0.2) is 49.0 Å². The molecule has 0 radical (unpaired) electrons. The lowest BCUT2D eigenvalue weighted by atomic mass is 10.1. The maximum Gasteiger partial charge on any atom is 0.260 e. The van der Waals surface area contributed by atoms with Crippen LogP contribution in [0.2, 0.25) is 0 Å². The highest BCUT2D eigenvalue weighted by atomic mass is 32.2. The molecule has 6 nitrogen and oxygen atoms in total. The van der Waals surface area contributed by atoms with Crippen LogP contribution < -0.4 is 0 Å². The molecule has 0 aromatic carbocycles. The average molecular weight is 245 g/mol. The summed E-state index contributed by atoms with van der Waals surface area (Å²) in [4.78, 5) is 6.36. The van der Waals surface area contributed by atoms with Crippen LogP contribution in [0.25, 0.3) is 0 Å². The predicted molar refractivity (Wildman–Crippen MR) is 57.4 cm³/mol. The number of hydrogen-bond acceptors (Lipinski definition) is 4. The summed E-state index contributed by atoms with van der Waals surface area (Å²) < 4.78 is 30.8. The first kappa shape index (κ1) is 11.6. The first-order valence-corrected chi connectivity index (χ1v) is 6.60. The second-order valence-corrected chi connectivity index (χ2v) is 5.75. The Balaban J connectivity index is 2.17. The fourth-order valence-electron chi connectivity index (χ4n) is 1.78. The van der Waals surface area contributed by atoms with Crippen LogP contribution in [0.1, 0.15) is 12.8 Å². The minimum absolute atomic E-state index is 0.0158. The largest absolute Gasteiger partial charge is 0.381 e. The smallest absolute Gasteiger partial charge is 0.260 e. The lowest BCUT2D eigenvalue weighted by Crippen LogP contribution is -2.40. The van der Waals surface area contributed by atoms with Crippen molar-refractivity contribution in [3.05, 3.63) is 12.5 Å². The normalized spacial score (nSPS) is 19.1. The number of nitrogens with one attached hydrogen (secondary N) is 1. The molecule has 0 spiro atoms. The van der Waals surface area contributed by atoms with Gasteiger partial charge >= 0.3 is 0 Å². The highest BCUT2D eigenvalue weighted by Crippen LogP contribution is 2.19. The van der Waals surface area contributed by atoms with E-state index in [1.807, 2.05) is 0 Å². The summed E-state index contributed by atoms with van der Waals surface area (Å²) in [5, 5.41) is 0.140. The predicted octanol–water partition coefficient (Wildman–Crippen LogP) is 0.209. The van der Waals surface area contributed by atoms with Crippen molar-refractivity contribution >= 4 is 10.0 Å². The number of aromatic nitrogens is 2. The van der Waals surface area contributed by atoms with Gasteiger partial charge in [0, 0.05) is 26.3 Å². The summed E-state index contributed by atoms with van der Waals surface area (Å²) in [5.41, 5.74) is 0. The maximum absolute atomic E-state index is 12.1. The van der Waals surface area contributed by atoms with Crippen LogP contribution in [0.15, 0.2) is 17.6 Å². The van der Waals surface area contributed by atoms with Crippen molar-refractivity contribution in [2.24, 2.45) is 0 Å². The van der Waals surface area contributed by atoms with Crippen LogP contribution in [0.5, 0.6) is 0 Å². The molecule has 0 atom stereocenters. The van der Waals surface area contributed by atoms with Crippen LogP contribution in [0, 0.1) is 0 Å². The van der Waals surface area contributed by atoms with Crippen molar-refractivity contribution in [3.63, 3.8) is 0 Å². The Morgan fingerprint density at radius 1 is 1.50 bits per heavy atom. The number of aromatic amines is 1. The zero-order valence-electron chi connectivity index (χ0n) is 9.09. The molecule has 0 amide bonds. The number of nitrogens with zero attached hydrogens (tertiary/aromatic N) is 2. The number of rotatable bonds is 3. The Morgan fingerprint density at radius 3 is 2.75 bits per heavy atom. The van der Waals surface area contributed by atoms with E-state index >= 15 is 0 Å². The molecule has 1 fully saturated rings. The van der Waals surface area contributed by atoms with Crippen LogP contribution in [-0.2, 0) is 14.8 Å². The standard InChI is InChI=1S/C9H15N3O3S/c1-12(8-2-4-15-5-3-8)16(13,14)9-6-10-7-11-9/h6-8H,2-5H2,1H3,(H,10,11). The van der Waals surface area contributed by atoms with Gasteiger partial charge in [0.15, 0.2) is 5.03 Å². The molecule has 0 saturated carbocycles. The van der Waals surface area contributed by atoms with Gasteiger partial charge in [-0.15, -0.1) is 0 Å². The van der Waals surface area contributed by atoms with E-state index in [1.165, 1.54) is 16.8 Å². The Morgan fingerprint density at radius 2 is 2.19 bits per heavy atom. The van der Waals surface area contributed by atoms with Gasteiger partial charge in [-0.05, 0) is 12.8 Å². The van der Waals surface area contributed by atoms with Crippen molar-refractivity contribution in [2.75, 3.05) is 20.3 Å². The van der Waals surface area contributed by atoms with Crippen molar-refractivity contribution in [3.8, 4) is 0 Å². The molecule has 7 heteroatoms. The van der Waals surface area contributed by atoms with Gasteiger partial charge in [0.05, 0.1) is 12.5 Å². The number of imidazole rings is 1. The summed E-state index contributed by atoms with van der Waals surface area (Å²) in [6, 6.07) is 0.0158. The van der Waals surface area contributed by atoms with Gasteiger partial charge < -0.3 is 9.72 Å². The van der Waals surface area contributed by atoms with E-state index in [0.717, 1.165) is 12.8 Å². The molecule has 0 bridgehead atoms. The van der Waals surface area contributed by atoms with Gasteiger partial charge in [-0.2, -0.15) is 4.31 Å². The molecule has 0 unspecified atom stereocenters. The minimum Gasteiger partial charge on any atom is -0.381 e. The van der Waals surface area contributed by atoms with Gasteiger partial charge in [0.1, 0.15) is 0 Å². The first-order chi connectivity index (χ1) is 7.62. The zero-order chi connectivity index (χ0) is 11.6. The van der Waals surface area contributed by atoms with E-state index in [4.69, 9.17) is 4.74 Å². The summed E-state index contributed by atoms with van der Waals surface area (Å²) in [7, 11) is -1.83. The monoisotopic (exact) mass is 245 g/mol. The number of hydrogen-bond donors (Lipinski definition) is 1. The number of ether oxygens (including phenoxy) is 1. The Bertz CT molecular complexity index is 423. The SMILES string of the molecule is CN(C1CCOCC1)S(=O)(=O)c1cnc[nH]1. The lowest BCUT2D eigenvalue weighted by Gasteiger charge is -2.29. The Kier molecular flexibility index (Phi) is 3.27. The second-order valence-electron chi connectivity index (χ2n) is 3.78. The van der Waals surface area contributed by atoms with Crippen LogP contribution in [0.4, 0.5) is 0 Å². The van der Waals surface area contributed by atoms with E-state index in [0.29, 0.717) is 13.2 Å². The summed E-state index contributed by atoms with van der Waals surface area (Å²) in [5.74, 6) is 0. The van der Waals surface area contributed by atoms with Gasteiger partial charge in [-0.25, -0.2) is 13.4 Å². The first-order valence-electron chi connectivity index (χ1n) is 5.16. The van der Waals surface area contributed by atoms with E-state index in [-0.39, 0.29) is 11.1 Å². The van der Waals surface area contributed by atoms with E-state index in [9.17, 15) is 8.42 Å². The Hall–Kier alpha value is -0.920. The molecule has 0 aliphatic carbocycles. The third-order valence-corrected chi connectivity index (χ3v) is 4.67. The molecule has 1 aliphatic heterocycles. The summed E-state index contributed by atoms with van der Waals surface area (Å²) in [6.45, 7) is 1.24. The molecule has 1 aromatic rings. The highest BCUT2D eigenvalue weighted by molar-refractivity contribution is 7.89. The average Bonchev–Trinajstić information content (AvgIpc) is 2.83.